The van der Waals surface area contributed by atoms with Crippen LogP contribution in [0, 0.1) is 0 Å². The van der Waals surface area contributed by atoms with Crippen molar-refractivity contribution in [3.63, 3.8) is 0 Å². The fourth-order valence-corrected chi connectivity index (χ4v) is 1.61. The lowest BCUT2D eigenvalue weighted by atomic mass is 10.1. The topological polar surface area (TPSA) is 59.1 Å². The molecule has 0 aliphatic heterocycles. The van der Waals surface area contributed by atoms with E-state index < -0.39 is 0 Å². The first-order valence-electron chi connectivity index (χ1n) is 5.48. The number of aromatic nitrogens is 1. The second-order valence-electron chi connectivity index (χ2n) is 3.85. The molecular weight excluding hydrogens is 228 g/mol. The van der Waals surface area contributed by atoms with E-state index in [4.69, 9.17) is 0 Å². The Bertz CT molecular complexity index is 577. The van der Waals surface area contributed by atoms with Crippen LogP contribution in [-0.4, -0.2) is 17.2 Å². The number of rotatable bonds is 3. The van der Waals surface area contributed by atoms with E-state index in [1.807, 2.05) is 18.2 Å². The second kappa shape index (κ2) is 5.23. The van der Waals surface area contributed by atoms with Gasteiger partial charge in [-0.2, -0.15) is 0 Å². The third kappa shape index (κ3) is 2.79. The summed E-state index contributed by atoms with van der Waals surface area (Å²) >= 11 is 0. The van der Waals surface area contributed by atoms with Crippen LogP contribution in [0.4, 0.5) is 5.82 Å². The zero-order valence-corrected chi connectivity index (χ0v) is 9.88. The van der Waals surface area contributed by atoms with Crippen molar-refractivity contribution in [2.75, 3.05) is 5.32 Å². The summed E-state index contributed by atoms with van der Waals surface area (Å²) in [5, 5.41) is 2.63. The Morgan fingerprint density at radius 2 is 1.89 bits per heavy atom. The Hall–Kier alpha value is -2.49. The maximum atomic E-state index is 11.0. The van der Waals surface area contributed by atoms with Gasteiger partial charge >= 0.3 is 0 Å². The van der Waals surface area contributed by atoms with E-state index in [9.17, 15) is 9.59 Å². The second-order valence-corrected chi connectivity index (χ2v) is 3.85. The van der Waals surface area contributed by atoms with Crippen LogP contribution in [0.5, 0.6) is 0 Å². The number of aldehydes is 1. The summed E-state index contributed by atoms with van der Waals surface area (Å²) in [5.74, 6) is 0.357. The van der Waals surface area contributed by atoms with Gasteiger partial charge in [0.2, 0.25) is 5.91 Å². The minimum atomic E-state index is -0.157. The largest absolute Gasteiger partial charge is 0.311 e. The van der Waals surface area contributed by atoms with E-state index in [-0.39, 0.29) is 5.91 Å². The van der Waals surface area contributed by atoms with Crippen molar-refractivity contribution in [3.8, 4) is 11.1 Å². The summed E-state index contributed by atoms with van der Waals surface area (Å²) in [5.41, 5.74) is 2.54. The Labute approximate surface area is 105 Å². The lowest BCUT2D eigenvalue weighted by Crippen LogP contribution is -2.07. The molecular formula is C14H12N2O2. The van der Waals surface area contributed by atoms with Crippen LogP contribution >= 0.6 is 0 Å². The summed E-state index contributed by atoms with van der Waals surface area (Å²) in [7, 11) is 0. The predicted molar refractivity (Wildman–Crippen MR) is 69.4 cm³/mol. The normalized spacial score (nSPS) is 9.83. The minimum Gasteiger partial charge on any atom is -0.311 e. The Morgan fingerprint density at radius 3 is 2.50 bits per heavy atom. The molecule has 1 N–H and O–H groups in total. The molecule has 1 aromatic carbocycles. The lowest BCUT2D eigenvalue weighted by Gasteiger charge is -2.05. The average molecular weight is 240 g/mol. The van der Waals surface area contributed by atoms with Crippen molar-refractivity contribution in [1.82, 2.24) is 4.98 Å². The number of benzene rings is 1. The third-order valence-electron chi connectivity index (χ3n) is 2.44. The van der Waals surface area contributed by atoms with Crippen LogP contribution in [-0.2, 0) is 4.79 Å². The van der Waals surface area contributed by atoms with Crippen molar-refractivity contribution in [3.05, 3.63) is 48.2 Å². The number of carbonyl (C=O) groups is 2. The molecule has 0 bridgehead atoms. The number of nitrogens with zero attached hydrogens (tertiary/aromatic N) is 1. The molecule has 1 heterocycles. The average Bonchev–Trinajstić information content (AvgIpc) is 2.38. The summed E-state index contributed by atoms with van der Waals surface area (Å²) in [6.07, 6.45) is 2.44. The summed E-state index contributed by atoms with van der Waals surface area (Å²) in [6.45, 7) is 1.44. The quantitative estimate of drug-likeness (QED) is 0.838. The highest BCUT2D eigenvalue weighted by Gasteiger charge is 2.01. The first-order chi connectivity index (χ1) is 8.69. The first kappa shape index (κ1) is 12.0. The molecule has 0 saturated carbocycles. The van der Waals surface area contributed by atoms with E-state index >= 15 is 0 Å². The molecule has 0 aliphatic rings. The molecule has 2 rings (SSSR count). The number of hydrogen-bond donors (Lipinski definition) is 1. The molecule has 2 aromatic rings. The Balaban J connectivity index is 2.31. The van der Waals surface area contributed by atoms with Gasteiger partial charge in [0.15, 0.2) is 0 Å². The van der Waals surface area contributed by atoms with E-state index in [0.29, 0.717) is 11.4 Å². The molecule has 18 heavy (non-hydrogen) atoms. The number of anilines is 1. The lowest BCUT2D eigenvalue weighted by molar-refractivity contribution is -0.114. The van der Waals surface area contributed by atoms with Gasteiger partial charge in [0.25, 0.3) is 0 Å². The fourth-order valence-electron chi connectivity index (χ4n) is 1.61. The number of pyridine rings is 1. The number of hydrogen-bond acceptors (Lipinski definition) is 3. The molecule has 1 amide bonds. The molecule has 0 unspecified atom stereocenters. The van der Waals surface area contributed by atoms with Gasteiger partial charge in [-0.25, -0.2) is 4.98 Å². The molecule has 0 saturated heterocycles. The molecule has 4 heteroatoms. The van der Waals surface area contributed by atoms with E-state index in [1.54, 1.807) is 24.4 Å². The highest BCUT2D eigenvalue weighted by Crippen LogP contribution is 2.21. The van der Waals surface area contributed by atoms with Gasteiger partial charge in [-0.1, -0.05) is 24.3 Å². The van der Waals surface area contributed by atoms with Gasteiger partial charge in [0.05, 0.1) is 0 Å². The number of nitrogens with one attached hydrogen (secondary N) is 1. The molecule has 0 fully saturated rings. The third-order valence-corrected chi connectivity index (χ3v) is 2.44. The van der Waals surface area contributed by atoms with Crippen LogP contribution in [0.3, 0.4) is 0 Å². The molecule has 0 aliphatic carbocycles. The molecule has 4 nitrogen and oxygen atoms in total. The summed E-state index contributed by atoms with van der Waals surface area (Å²) in [6, 6.07) is 10.9. The van der Waals surface area contributed by atoms with Crippen molar-refractivity contribution in [2.45, 2.75) is 6.92 Å². The highest BCUT2D eigenvalue weighted by molar-refractivity contribution is 5.88. The molecule has 0 atom stereocenters. The van der Waals surface area contributed by atoms with Crippen molar-refractivity contribution < 1.29 is 9.59 Å². The SMILES string of the molecule is CC(=O)Nc1cc(-c2ccc(C=O)cc2)ccn1. The monoisotopic (exact) mass is 240 g/mol. The molecule has 90 valence electrons. The Morgan fingerprint density at radius 1 is 1.17 bits per heavy atom. The molecule has 0 spiro atoms. The smallest absolute Gasteiger partial charge is 0.222 e. The summed E-state index contributed by atoms with van der Waals surface area (Å²) in [4.78, 5) is 25.6. The van der Waals surface area contributed by atoms with Gasteiger partial charge in [0, 0.05) is 18.7 Å². The van der Waals surface area contributed by atoms with Crippen molar-refractivity contribution >= 4 is 18.0 Å². The molecule has 0 radical (unpaired) electrons. The minimum absolute atomic E-state index is 0.157. The van der Waals surface area contributed by atoms with Gasteiger partial charge in [0.1, 0.15) is 12.1 Å². The van der Waals surface area contributed by atoms with E-state index in [0.717, 1.165) is 17.4 Å². The van der Waals surface area contributed by atoms with Crippen molar-refractivity contribution in [1.29, 1.82) is 0 Å². The van der Waals surface area contributed by atoms with Crippen LogP contribution in [0.2, 0.25) is 0 Å². The van der Waals surface area contributed by atoms with Crippen LogP contribution < -0.4 is 5.32 Å². The highest BCUT2D eigenvalue weighted by atomic mass is 16.1. The Kier molecular flexibility index (Phi) is 3.48. The zero-order valence-electron chi connectivity index (χ0n) is 9.88. The zero-order chi connectivity index (χ0) is 13.0. The van der Waals surface area contributed by atoms with Gasteiger partial charge in [-0.05, 0) is 23.3 Å². The van der Waals surface area contributed by atoms with Gasteiger partial charge in [-0.3, -0.25) is 9.59 Å². The predicted octanol–water partition coefficient (Wildman–Crippen LogP) is 2.52. The van der Waals surface area contributed by atoms with E-state index in [1.165, 1.54) is 6.92 Å². The van der Waals surface area contributed by atoms with Crippen LogP contribution in [0.1, 0.15) is 17.3 Å². The molecule has 1 aromatic heterocycles. The maximum absolute atomic E-state index is 11.0. The summed E-state index contributed by atoms with van der Waals surface area (Å²) < 4.78 is 0. The number of carbonyl (C=O) groups excluding carboxylic acids is 2. The van der Waals surface area contributed by atoms with E-state index in [2.05, 4.69) is 10.3 Å². The maximum Gasteiger partial charge on any atom is 0.222 e. The standard InChI is InChI=1S/C14H12N2O2/c1-10(18)16-14-8-13(6-7-15-14)12-4-2-11(9-17)3-5-12/h2-9H,1H3,(H,15,16,18). The van der Waals surface area contributed by atoms with Gasteiger partial charge < -0.3 is 5.32 Å². The fraction of sp³-hybridized carbons (Fsp3) is 0.0714. The van der Waals surface area contributed by atoms with Crippen LogP contribution in [0.25, 0.3) is 11.1 Å². The van der Waals surface area contributed by atoms with Crippen LogP contribution in [0.15, 0.2) is 42.6 Å². The van der Waals surface area contributed by atoms with Gasteiger partial charge in [-0.15, -0.1) is 0 Å². The number of amides is 1. The van der Waals surface area contributed by atoms with Crippen molar-refractivity contribution in [2.24, 2.45) is 0 Å². The first-order valence-corrected chi connectivity index (χ1v) is 5.48.